The molecule has 1 aliphatic rings. The molecule has 5 heteroatoms. The van der Waals surface area contributed by atoms with E-state index in [2.05, 4.69) is 46.4 Å². The minimum Gasteiger partial charge on any atom is -0.324 e. The predicted molar refractivity (Wildman–Crippen MR) is 103 cm³/mol. The lowest BCUT2D eigenvalue weighted by molar-refractivity contribution is 0.749. The number of nitrogens with zero attached hydrogens (tertiary/aromatic N) is 3. The SMILES string of the molecule is Cc1cc(Cl)ccc1Nc1nccc(N2c3ccccc3CC2C)n1. The molecule has 25 heavy (non-hydrogen) atoms. The molecule has 126 valence electrons. The summed E-state index contributed by atoms with van der Waals surface area (Å²) >= 11 is 6.03. The molecule has 4 rings (SSSR count). The molecule has 0 spiro atoms. The van der Waals surface area contributed by atoms with Gasteiger partial charge < -0.3 is 10.2 Å². The van der Waals surface area contributed by atoms with Crippen molar-refractivity contribution in [3.63, 3.8) is 0 Å². The van der Waals surface area contributed by atoms with Gasteiger partial charge in [0.2, 0.25) is 5.95 Å². The van der Waals surface area contributed by atoms with Crippen molar-refractivity contribution in [2.45, 2.75) is 26.3 Å². The standard InChI is InChI=1S/C20H19ClN4/c1-13-11-16(21)7-8-17(13)23-20-22-10-9-19(24-20)25-14(2)12-15-5-3-4-6-18(15)25/h3-11,14H,12H2,1-2H3,(H,22,23,24). The number of aromatic nitrogens is 2. The Morgan fingerprint density at radius 1 is 1.16 bits per heavy atom. The summed E-state index contributed by atoms with van der Waals surface area (Å²) in [5.74, 6) is 1.49. The molecule has 0 fully saturated rings. The number of para-hydroxylation sites is 1. The second-order valence-corrected chi connectivity index (χ2v) is 6.81. The number of hydrogen-bond donors (Lipinski definition) is 1. The van der Waals surface area contributed by atoms with E-state index in [0.29, 0.717) is 12.0 Å². The molecule has 0 saturated carbocycles. The van der Waals surface area contributed by atoms with Gasteiger partial charge in [0.1, 0.15) is 5.82 Å². The molecule has 1 aliphatic heterocycles. The van der Waals surface area contributed by atoms with Gasteiger partial charge in [0.15, 0.2) is 0 Å². The maximum Gasteiger partial charge on any atom is 0.229 e. The van der Waals surface area contributed by atoms with E-state index in [0.717, 1.165) is 28.5 Å². The van der Waals surface area contributed by atoms with Crippen LogP contribution in [0.5, 0.6) is 0 Å². The molecule has 3 aromatic rings. The van der Waals surface area contributed by atoms with Gasteiger partial charge in [-0.15, -0.1) is 0 Å². The topological polar surface area (TPSA) is 41.1 Å². The van der Waals surface area contributed by atoms with Crippen LogP contribution in [0.4, 0.5) is 23.1 Å². The third-order valence-corrected chi connectivity index (χ3v) is 4.76. The van der Waals surface area contributed by atoms with E-state index in [1.165, 1.54) is 11.3 Å². The Hall–Kier alpha value is -2.59. The van der Waals surface area contributed by atoms with E-state index >= 15 is 0 Å². The number of rotatable bonds is 3. The number of anilines is 4. The van der Waals surface area contributed by atoms with Crippen molar-refractivity contribution in [2.75, 3.05) is 10.2 Å². The summed E-state index contributed by atoms with van der Waals surface area (Å²) in [4.78, 5) is 11.4. The second kappa shape index (κ2) is 6.37. The van der Waals surface area contributed by atoms with Crippen molar-refractivity contribution >= 4 is 34.7 Å². The lowest BCUT2D eigenvalue weighted by Crippen LogP contribution is -2.25. The normalized spacial score (nSPS) is 16.0. The Labute approximate surface area is 152 Å². The third kappa shape index (κ3) is 3.05. The Morgan fingerprint density at radius 3 is 2.84 bits per heavy atom. The largest absolute Gasteiger partial charge is 0.324 e. The summed E-state index contributed by atoms with van der Waals surface area (Å²) in [5, 5.41) is 4.02. The molecule has 2 aromatic carbocycles. The molecular weight excluding hydrogens is 332 g/mol. The number of nitrogens with one attached hydrogen (secondary N) is 1. The van der Waals surface area contributed by atoms with Gasteiger partial charge in [-0.25, -0.2) is 4.98 Å². The Bertz CT molecular complexity index is 925. The highest BCUT2D eigenvalue weighted by atomic mass is 35.5. The monoisotopic (exact) mass is 350 g/mol. The van der Waals surface area contributed by atoms with Gasteiger partial charge in [-0.05, 0) is 61.7 Å². The van der Waals surface area contributed by atoms with Gasteiger partial charge in [-0.1, -0.05) is 29.8 Å². The molecule has 1 unspecified atom stereocenters. The number of fused-ring (bicyclic) bond motifs is 1. The van der Waals surface area contributed by atoms with Crippen LogP contribution in [0, 0.1) is 6.92 Å². The molecule has 4 nitrogen and oxygen atoms in total. The van der Waals surface area contributed by atoms with E-state index in [-0.39, 0.29) is 0 Å². The summed E-state index contributed by atoms with van der Waals surface area (Å²) in [6.45, 7) is 4.23. The number of aryl methyl sites for hydroxylation is 1. The van der Waals surface area contributed by atoms with E-state index in [4.69, 9.17) is 16.6 Å². The highest BCUT2D eigenvalue weighted by Gasteiger charge is 2.27. The molecule has 1 aromatic heterocycles. The third-order valence-electron chi connectivity index (χ3n) is 4.53. The minimum absolute atomic E-state index is 0.373. The predicted octanol–water partition coefficient (Wildman–Crippen LogP) is 5.26. The molecule has 0 amide bonds. The maximum atomic E-state index is 6.03. The van der Waals surface area contributed by atoms with Crippen LogP contribution in [0.15, 0.2) is 54.7 Å². The first kappa shape index (κ1) is 15.9. The molecule has 2 heterocycles. The molecule has 1 atom stereocenters. The smallest absolute Gasteiger partial charge is 0.229 e. The number of halogens is 1. The van der Waals surface area contributed by atoms with Gasteiger partial charge in [-0.3, -0.25) is 0 Å². The molecule has 1 N–H and O–H groups in total. The highest BCUT2D eigenvalue weighted by molar-refractivity contribution is 6.30. The summed E-state index contributed by atoms with van der Waals surface area (Å²) in [6, 6.07) is 16.6. The molecule has 0 bridgehead atoms. The van der Waals surface area contributed by atoms with Crippen LogP contribution >= 0.6 is 11.6 Å². The van der Waals surface area contributed by atoms with Crippen LogP contribution in [0.2, 0.25) is 5.02 Å². The first-order chi connectivity index (χ1) is 12.1. The van der Waals surface area contributed by atoms with Crippen molar-refractivity contribution in [1.29, 1.82) is 0 Å². The van der Waals surface area contributed by atoms with Gasteiger partial charge in [0.25, 0.3) is 0 Å². The first-order valence-corrected chi connectivity index (χ1v) is 8.73. The summed E-state index contributed by atoms with van der Waals surface area (Å²) in [5.41, 5.74) is 4.59. The van der Waals surface area contributed by atoms with E-state index < -0.39 is 0 Å². The average molecular weight is 351 g/mol. The van der Waals surface area contributed by atoms with Gasteiger partial charge in [0, 0.05) is 28.6 Å². The minimum atomic E-state index is 0.373. The fourth-order valence-electron chi connectivity index (χ4n) is 3.35. The van der Waals surface area contributed by atoms with E-state index in [9.17, 15) is 0 Å². The van der Waals surface area contributed by atoms with Crippen molar-refractivity contribution in [2.24, 2.45) is 0 Å². The summed E-state index contributed by atoms with van der Waals surface area (Å²) in [7, 11) is 0. The van der Waals surface area contributed by atoms with Crippen LogP contribution < -0.4 is 10.2 Å². The van der Waals surface area contributed by atoms with Crippen LogP contribution in [0.25, 0.3) is 0 Å². The summed E-state index contributed by atoms with van der Waals surface area (Å²) < 4.78 is 0. The fourth-order valence-corrected chi connectivity index (χ4v) is 3.57. The highest BCUT2D eigenvalue weighted by Crippen LogP contribution is 2.37. The Morgan fingerprint density at radius 2 is 2.00 bits per heavy atom. The first-order valence-electron chi connectivity index (χ1n) is 8.35. The van der Waals surface area contributed by atoms with Crippen molar-refractivity contribution < 1.29 is 0 Å². The molecule has 0 radical (unpaired) electrons. The fraction of sp³-hybridized carbons (Fsp3) is 0.200. The molecular formula is C20H19ClN4. The van der Waals surface area contributed by atoms with E-state index in [1.807, 2.05) is 31.2 Å². The maximum absolute atomic E-state index is 6.03. The number of hydrogen-bond acceptors (Lipinski definition) is 4. The second-order valence-electron chi connectivity index (χ2n) is 6.37. The Balaban J connectivity index is 1.66. The van der Waals surface area contributed by atoms with Crippen molar-refractivity contribution in [3.8, 4) is 0 Å². The number of benzene rings is 2. The lowest BCUT2D eigenvalue weighted by atomic mass is 10.1. The zero-order valence-electron chi connectivity index (χ0n) is 14.2. The lowest BCUT2D eigenvalue weighted by Gasteiger charge is -2.24. The summed E-state index contributed by atoms with van der Waals surface area (Å²) in [6.07, 6.45) is 2.82. The average Bonchev–Trinajstić information content (AvgIpc) is 2.93. The van der Waals surface area contributed by atoms with Crippen molar-refractivity contribution in [1.82, 2.24) is 9.97 Å². The zero-order valence-corrected chi connectivity index (χ0v) is 15.0. The van der Waals surface area contributed by atoms with Crippen LogP contribution in [-0.4, -0.2) is 16.0 Å². The molecule has 0 aliphatic carbocycles. The van der Waals surface area contributed by atoms with Gasteiger partial charge in [-0.2, -0.15) is 4.98 Å². The van der Waals surface area contributed by atoms with Crippen molar-refractivity contribution in [3.05, 3.63) is 70.9 Å². The van der Waals surface area contributed by atoms with Gasteiger partial charge >= 0.3 is 0 Å². The Kier molecular flexibility index (Phi) is 4.06. The van der Waals surface area contributed by atoms with Crippen LogP contribution in [0.3, 0.4) is 0 Å². The zero-order chi connectivity index (χ0) is 17.4. The quantitative estimate of drug-likeness (QED) is 0.699. The van der Waals surface area contributed by atoms with E-state index in [1.54, 1.807) is 6.20 Å². The van der Waals surface area contributed by atoms with Crippen LogP contribution in [-0.2, 0) is 6.42 Å². The van der Waals surface area contributed by atoms with Crippen LogP contribution in [0.1, 0.15) is 18.1 Å². The molecule has 0 saturated heterocycles. The van der Waals surface area contributed by atoms with Gasteiger partial charge in [0.05, 0.1) is 0 Å².